The van der Waals surface area contributed by atoms with Gasteiger partial charge in [-0.05, 0) is 31.0 Å². The monoisotopic (exact) mass is 406 g/mol. The Morgan fingerprint density at radius 1 is 1.37 bits per heavy atom. The molecule has 7 nitrogen and oxygen atoms in total. The standard InChI is InChI=1S/C18H19ClN4O3S/c1-10(2)8-23-17(25)13-7-12(19)4-5-14(13)20-18(23)27-9-15(24)21-16-6-11(3)22-26-16/h4-7,10H,8-9H2,1-3H3,(H,21,24). The van der Waals surface area contributed by atoms with Crippen LogP contribution < -0.4 is 10.9 Å². The highest BCUT2D eigenvalue weighted by atomic mass is 35.5. The van der Waals surface area contributed by atoms with Crippen molar-refractivity contribution in [1.29, 1.82) is 0 Å². The average molecular weight is 407 g/mol. The quantitative estimate of drug-likeness (QED) is 0.495. The molecule has 0 fully saturated rings. The molecule has 0 aliphatic carbocycles. The number of halogens is 1. The van der Waals surface area contributed by atoms with E-state index in [2.05, 4.69) is 15.5 Å². The lowest BCUT2D eigenvalue weighted by atomic mass is 10.2. The van der Waals surface area contributed by atoms with E-state index >= 15 is 0 Å². The van der Waals surface area contributed by atoms with Crippen LogP contribution in [0.5, 0.6) is 0 Å². The van der Waals surface area contributed by atoms with Crippen LogP contribution in [0.25, 0.3) is 10.9 Å². The number of benzene rings is 1. The van der Waals surface area contributed by atoms with Crippen LogP contribution in [0, 0.1) is 12.8 Å². The molecule has 142 valence electrons. The third-order valence-corrected chi connectivity index (χ3v) is 4.86. The van der Waals surface area contributed by atoms with Crippen molar-refractivity contribution >= 4 is 46.1 Å². The van der Waals surface area contributed by atoms with Gasteiger partial charge in [-0.3, -0.25) is 19.5 Å². The molecule has 0 aliphatic heterocycles. The van der Waals surface area contributed by atoms with E-state index in [-0.39, 0.29) is 23.1 Å². The second-order valence-electron chi connectivity index (χ2n) is 6.53. The van der Waals surface area contributed by atoms with Gasteiger partial charge in [0.1, 0.15) is 0 Å². The van der Waals surface area contributed by atoms with Crippen molar-refractivity contribution < 1.29 is 9.32 Å². The Hall–Kier alpha value is -2.32. The van der Waals surface area contributed by atoms with Crippen LogP contribution in [0.1, 0.15) is 19.5 Å². The maximum absolute atomic E-state index is 12.9. The van der Waals surface area contributed by atoms with E-state index in [1.54, 1.807) is 35.8 Å². The molecule has 1 amide bonds. The molecule has 0 radical (unpaired) electrons. The van der Waals surface area contributed by atoms with Gasteiger partial charge >= 0.3 is 0 Å². The van der Waals surface area contributed by atoms with Crippen molar-refractivity contribution in [2.75, 3.05) is 11.1 Å². The third kappa shape index (κ3) is 4.70. The van der Waals surface area contributed by atoms with Gasteiger partial charge in [-0.15, -0.1) is 0 Å². The molecule has 3 aromatic rings. The molecule has 9 heteroatoms. The van der Waals surface area contributed by atoms with Gasteiger partial charge in [0.2, 0.25) is 11.8 Å². The molecule has 1 aromatic carbocycles. The summed E-state index contributed by atoms with van der Waals surface area (Å²) >= 11 is 7.22. The van der Waals surface area contributed by atoms with Crippen LogP contribution in [0.4, 0.5) is 5.88 Å². The summed E-state index contributed by atoms with van der Waals surface area (Å²) in [6, 6.07) is 6.66. The van der Waals surface area contributed by atoms with Crippen molar-refractivity contribution in [3.05, 3.63) is 45.3 Å². The number of hydrogen-bond acceptors (Lipinski definition) is 6. The molecular formula is C18H19ClN4O3S. The van der Waals surface area contributed by atoms with Gasteiger partial charge in [-0.25, -0.2) is 4.98 Å². The maximum atomic E-state index is 12.9. The van der Waals surface area contributed by atoms with Crippen molar-refractivity contribution in [1.82, 2.24) is 14.7 Å². The molecule has 1 N–H and O–H groups in total. The van der Waals surface area contributed by atoms with E-state index in [9.17, 15) is 9.59 Å². The molecule has 2 heterocycles. The normalized spacial score (nSPS) is 11.3. The minimum atomic E-state index is -0.266. The third-order valence-electron chi connectivity index (χ3n) is 3.65. The Kier molecular flexibility index (Phi) is 5.86. The highest BCUT2D eigenvalue weighted by Crippen LogP contribution is 2.21. The fourth-order valence-electron chi connectivity index (χ4n) is 2.54. The van der Waals surface area contributed by atoms with Crippen molar-refractivity contribution in [2.24, 2.45) is 5.92 Å². The first-order valence-electron chi connectivity index (χ1n) is 8.39. The zero-order chi connectivity index (χ0) is 19.6. The zero-order valence-corrected chi connectivity index (χ0v) is 16.7. The number of amides is 1. The number of aromatic nitrogens is 3. The van der Waals surface area contributed by atoms with E-state index in [0.29, 0.717) is 39.2 Å². The molecule has 0 saturated carbocycles. The van der Waals surface area contributed by atoms with Crippen molar-refractivity contribution in [2.45, 2.75) is 32.5 Å². The molecule has 0 aliphatic rings. The Morgan fingerprint density at radius 3 is 2.81 bits per heavy atom. The number of carbonyl (C=O) groups is 1. The summed E-state index contributed by atoms with van der Waals surface area (Å²) in [5.74, 6) is 0.353. The molecule has 27 heavy (non-hydrogen) atoms. The number of rotatable bonds is 6. The molecule has 0 saturated heterocycles. The van der Waals surface area contributed by atoms with Gasteiger partial charge in [0.15, 0.2) is 5.16 Å². The molecular weight excluding hydrogens is 388 g/mol. The summed E-state index contributed by atoms with van der Waals surface area (Å²) in [5.41, 5.74) is 1.07. The fraction of sp³-hybridized carbons (Fsp3) is 0.333. The zero-order valence-electron chi connectivity index (χ0n) is 15.2. The summed E-state index contributed by atoms with van der Waals surface area (Å²) in [6.07, 6.45) is 0. The number of carbonyl (C=O) groups excluding carboxylic acids is 1. The number of nitrogens with zero attached hydrogens (tertiary/aromatic N) is 3. The first kappa shape index (κ1) is 19.4. The molecule has 0 spiro atoms. The Labute approximate surface area is 165 Å². The molecule has 2 aromatic heterocycles. The van der Waals surface area contributed by atoms with E-state index in [1.165, 1.54) is 11.8 Å². The number of nitrogens with one attached hydrogen (secondary N) is 1. The van der Waals surface area contributed by atoms with Crippen LogP contribution >= 0.6 is 23.4 Å². The Morgan fingerprint density at radius 2 is 2.15 bits per heavy atom. The van der Waals surface area contributed by atoms with E-state index < -0.39 is 0 Å². The fourth-order valence-corrected chi connectivity index (χ4v) is 3.52. The van der Waals surface area contributed by atoms with Gasteiger partial charge in [-0.2, -0.15) is 0 Å². The lowest BCUT2D eigenvalue weighted by molar-refractivity contribution is -0.113. The Bertz CT molecular complexity index is 1040. The first-order valence-corrected chi connectivity index (χ1v) is 9.76. The largest absolute Gasteiger partial charge is 0.338 e. The second-order valence-corrected chi connectivity index (χ2v) is 7.91. The smallest absolute Gasteiger partial charge is 0.262 e. The highest BCUT2D eigenvalue weighted by molar-refractivity contribution is 7.99. The second kappa shape index (κ2) is 8.14. The van der Waals surface area contributed by atoms with Gasteiger partial charge < -0.3 is 4.52 Å². The molecule has 0 unspecified atom stereocenters. The summed E-state index contributed by atoms with van der Waals surface area (Å²) in [4.78, 5) is 29.6. The van der Waals surface area contributed by atoms with E-state index in [1.807, 2.05) is 13.8 Å². The minimum absolute atomic E-state index is 0.0867. The van der Waals surface area contributed by atoms with Gasteiger partial charge in [-0.1, -0.05) is 42.4 Å². The van der Waals surface area contributed by atoms with Gasteiger partial charge in [0, 0.05) is 17.6 Å². The number of aryl methyl sites for hydroxylation is 1. The van der Waals surface area contributed by atoms with Crippen LogP contribution in [-0.2, 0) is 11.3 Å². The van der Waals surface area contributed by atoms with Gasteiger partial charge in [0.05, 0.1) is 22.3 Å². The number of hydrogen-bond donors (Lipinski definition) is 1. The molecule has 0 bridgehead atoms. The number of thioether (sulfide) groups is 1. The summed E-state index contributed by atoms with van der Waals surface area (Å²) in [6.45, 7) is 6.30. The van der Waals surface area contributed by atoms with Crippen LogP contribution in [0.15, 0.2) is 38.7 Å². The first-order chi connectivity index (χ1) is 12.8. The lowest BCUT2D eigenvalue weighted by Gasteiger charge is -2.14. The average Bonchev–Trinajstić information content (AvgIpc) is 3.01. The summed E-state index contributed by atoms with van der Waals surface area (Å²) in [7, 11) is 0. The minimum Gasteiger partial charge on any atom is -0.338 e. The topological polar surface area (TPSA) is 90.0 Å². The summed E-state index contributed by atoms with van der Waals surface area (Å²) in [5, 5.41) is 7.80. The van der Waals surface area contributed by atoms with Crippen molar-refractivity contribution in [3.63, 3.8) is 0 Å². The van der Waals surface area contributed by atoms with E-state index in [0.717, 1.165) is 0 Å². The maximum Gasteiger partial charge on any atom is 0.262 e. The SMILES string of the molecule is Cc1cc(NC(=O)CSc2nc3ccc(Cl)cc3c(=O)n2CC(C)C)on1. The van der Waals surface area contributed by atoms with Crippen molar-refractivity contribution in [3.8, 4) is 0 Å². The molecule has 0 atom stereocenters. The highest BCUT2D eigenvalue weighted by Gasteiger charge is 2.15. The Balaban J connectivity index is 1.86. The van der Waals surface area contributed by atoms with Crippen LogP contribution in [0.2, 0.25) is 5.02 Å². The van der Waals surface area contributed by atoms with Gasteiger partial charge in [0.25, 0.3) is 5.56 Å². The number of anilines is 1. The predicted octanol–water partition coefficient (Wildman–Crippen LogP) is 3.73. The lowest BCUT2D eigenvalue weighted by Crippen LogP contribution is -2.26. The summed E-state index contributed by atoms with van der Waals surface area (Å²) < 4.78 is 6.57. The molecule has 3 rings (SSSR count). The van der Waals surface area contributed by atoms with E-state index in [4.69, 9.17) is 16.1 Å². The number of fused-ring (bicyclic) bond motifs is 1. The van der Waals surface area contributed by atoms with Crippen LogP contribution in [-0.4, -0.2) is 26.4 Å². The van der Waals surface area contributed by atoms with Crippen LogP contribution in [0.3, 0.4) is 0 Å². The predicted molar refractivity (Wildman–Crippen MR) is 106 cm³/mol.